The van der Waals surface area contributed by atoms with Gasteiger partial charge in [-0.25, -0.2) is 0 Å². The van der Waals surface area contributed by atoms with Gasteiger partial charge < -0.3 is 9.72 Å². The Labute approximate surface area is 108 Å². The summed E-state index contributed by atoms with van der Waals surface area (Å²) in [5, 5.41) is 1.40. The van der Waals surface area contributed by atoms with Crippen LogP contribution in [0.25, 0.3) is 10.9 Å². The number of rotatable bonds is 4. The van der Waals surface area contributed by atoms with E-state index in [9.17, 15) is 0 Å². The van der Waals surface area contributed by atoms with E-state index in [1.165, 1.54) is 22.2 Å². The molecule has 2 aromatic rings. The molecule has 1 aliphatic rings. The number of benzene rings is 1. The van der Waals surface area contributed by atoms with Gasteiger partial charge in [0.25, 0.3) is 0 Å². The van der Waals surface area contributed by atoms with Crippen molar-refractivity contribution in [3.63, 3.8) is 0 Å². The molecule has 3 rings (SSSR count). The lowest BCUT2D eigenvalue weighted by Gasteiger charge is -2.26. The Morgan fingerprint density at radius 3 is 3.11 bits per heavy atom. The summed E-state index contributed by atoms with van der Waals surface area (Å²) in [6, 6.07) is 8.60. The van der Waals surface area contributed by atoms with E-state index in [-0.39, 0.29) is 0 Å². The van der Waals surface area contributed by atoms with Gasteiger partial charge in [0.05, 0.1) is 6.61 Å². The van der Waals surface area contributed by atoms with E-state index in [0.29, 0.717) is 0 Å². The number of nitrogens with one attached hydrogen (secondary N) is 1. The number of H-pyrrole nitrogens is 1. The maximum Gasteiger partial charge on any atom is 0.0593 e. The molecule has 0 saturated heterocycles. The number of nitrogens with zero attached hydrogens (tertiary/aromatic N) is 1. The minimum Gasteiger partial charge on any atom is -0.380 e. The van der Waals surface area contributed by atoms with Crippen LogP contribution in [-0.4, -0.2) is 36.2 Å². The van der Waals surface area contributed by atoms with E-state index in [4.69, 9.17) is 4.74 Å². The molecule has 2 heterocycles. The van der Waals surface area contributed by atoms with Crippen molar-refractivity contribution in [3.8, 4) is 0 Å². The maximum atomic E-state index is 5.43. The first kappa shape index (κ1) is 11.8. The van der Waals surface area contributed by atoms with Gasteiger partial charge in [0.15, 0.2) is 0 Å². The second-order valence-corrected chi connectivity index (χ2v) is 4.85. The van der Waals surface area contributed by atoms with Crippen LogP contribution >= 0.6 is 0 Å². The second-order valence-electron chi connectivity index (χ2n) is 4.85. The van der Waals surface area contributed by atoms with E-state index >= 15 is 0 Å². The minimum absolute atomic E-state index is 0.811. The zero-order valence-corrected chi connectivity index (χ0v) is 10.9. The monoisotopic (exact) mass is 244 g/mol. The van der Waals surface area contributed by atoms with Crippen molar-refractivity contribution in [1.29, 1.82) is 0 Å². The number of hydrogen-bond donors (Lipinski definition) is 1. The molecule has 0 amide bonds. The lowest BCUT2D eigenvalue weighted by molar-refractivity contribution is 0.108. The Kier molecular flexibility index (Phi) is 3.35. The van der Waals surface area contributed by atoms with Crippen molar-refractivity contribution in [1.82, 2.24) is 9.88 Å². The summed E-state index contributed by atoms with van der Waals surface area (Å²) in [5.41, 5.74) is 4.17. The lowest BCUT2D eigenvalue weighted by atomic mass is 10.0. The molecule has 3 nitrogen and oxygen atoms in total. The van der Waals surface area contributed by atoms with Gasteiger partial charge >= 0.3 is 0 Å². The number of aromatic nitrogens is 1. The average Bonchev–Trinajstić information content (AvgIpc) is 2.76. The SMILES string of the molecule is CCOCCN1CCc2c([nH]c3ccccc23)C1. The summed E-state index contributed by atoms with van der Waals surface area (Å²) in [6.45, 7) is 6.89. The van der Waals surface area contributed by atoms with Crippen LogP contribution in [0.5, 0.6) is 0 Å². The molecule has 1 aliphatic heterocycles. The van der Waals surface area contributed by atoms with Crippen LogP contribution in [0.15, 0.2) is 24.3 Å². The second kappa shape index (κ2) is 5.12. The van der Waals surface area contributed by atoms with Crippen LogP contribution in [0, 0.1) is 0 Å². The molecule has 3 heteroatoms. The molecule has 1 aromatic heterocycles. The van der Waals surface area contributed by atoms with Crippen LogP contribution < -0.4 is 0 Å². The van der Waals surface area contributed by atoms with Gasteiger partial charge in [0.2, 0.25) is 0 Å². The summed E-state index contributed by atoms with van der Waals surface area (Å²) in [5.74, 6) is 0. The van der Waals surface area contributed by atoms with Crippen molar-refractivity contribution in [3.05, 3.63) is 35.5 Å². The van der Waals surface area contributed by atoms with Crippen LogP contribution in [0.4, 0.5) is 0 Å². The summed E-state index contributed by atoms with van der Waals surface area (Å²) in [4.78, 5) is 6.02. The van der Waals surface area contributed by atoms with Gasteiger partial charge in [-0.2, -0.15) is 0 Å². The van der Waals surface area contributed by atoms with E-state index in [1.807, 2.05) is 6.92 Å². The van der Waals surface area contributed by atoms with Gasteiger partial charge in [-0.1, -0.05) is 18.2 Å². The third-order valence-corrected chi connectivity index (χ3v) is 3.72. The average molecular weight is 244 g/mol. The van der Waals surface area contributed by atoms with E-state index in [0.717, 1.165) is 39.3 Å². The number of ether oxygens (including phenoxy) is 1. The fourth-order valence-electron chi connectivity index (χ4n) is 2.78. The number of hydrogen-bond acceptors (Lipinski definition) is 2. The largest absolute Gasteiger partial charge is 0.380 e. The van der Waals surface area contributed by atoms with Crippen molar-refractivity contribution in [2.45, 2.75) is 19.9 Å². The zero-order valence-electron chi connectivity index (χ0n) is 10.9. The van der Waals surface area contributed by atoms with Crippen LogP contribution in [0.2, 0.25) is 0 Å². The number of fused-ring (bicyclic) bond motifs is 3. The highest BCUT2D eigenvalue weighted by Gasteiger charge is 2.19. The predicted octanol–water partition coefficient (Wildman–Crippen LogP) is 2.56. The Morgan fingerprint density at radius 1 is 1.33 bits per heavy atom. The molecule has 0 spiro atoms. The third kappa shape index (κ3) is 2.16. The standard InChI is InChI=1S/C15H20N2O/c1-2-18-10-9-17-8-7-13-12-5-3-4-6-14(12)16-15(13)11-17/h3-6,16H,2,7-11H2,1H3. The Bertz CT molecular complexity index is 532. The molecule has 1 aromatic carbocycles. The molecule has 0 saturated carbocycles. The molecule has 96 valence electrons. The number of aromatic amines is 1. The van der Waals surface area contributed by atoms with Gasteiger partial charge in [0, 0.05) is 42.8 Å². The quantitative estimate of drug-likeness (QED) is 0.837. The fourth-order valence-corrected chi connectivity index (χ4v) is 2.78. The van der Waals surface area contributed by atoms with Crippen molar-refractivity contribution < 1.29 is 4.74 Å². The van der Waals surface area contributed by atoms with Crippen LogP contribution in [-0.2, 0) is 17.7 Å². The normalized spacial score (nSPS) is 16.1. The van der Waals surface area contributed by atoms with E-state index in [2.05, 4.69) is 34.1 Å². The fraction of sp³-hybridized carbons (Fsp3) is 0.467. The first-order chi connectivity index (χ1) is 8.88. The van der Waals surface area contributed by atoms with Gasteiger partial charge in [-0.05, 0) is 25.0 Å². The molecular formula is C15H20N2O. The van der Waals surface area contributed by atoms with E-state index in [1.54, 1.807) is 0 Å². The number of para-hydroxylation sites is 1. The molecule has 0 fully saturated rings. The molecule has 1 N–H and O–H groups in total. The van der Waals surface area contributed by atoms with E-state index < -0.39 is 0 Å². The summed E-state index contributed by atoms with van der Waals surface area (Å²) in [7, 11) is 0. The molecule has 0 aliphatic carbocycles. The Hall–Kier alpha value is -1.32. The zero-order chi connectivity index (χ0) is 12.4. The van der Waals surface area contributed by atoms with Crippen molar-refractivity contribution >= 4 is 10.9 Å². The molecule has 0 unspecified atom stereocenters. The maximum absolute atomic E-state index is 5.43. The van der Waals surface area contributed by atoms with Crippen LogP contribution in [0.1, 0.15) is 18.2 Å². The lowest BCUT2D eigenvalue weighted by Crippen LogP contribution is -2.33. The summed E-state index contributed by atoms with van der Waals surface area (Å²) < 4.78 is 5.43. The smallest absolute Gasteiger partial charge is 0.0593 e. The first-order valence-corrected chi connectivity index (χ1v) is 6.77. The van der Waals surface area contributed by atoms with Crippen molar-refractivity contribution in [2.24, 2.45) is 0 Å². The predicted molar refractivity (Wildman–Crippen MR) is 73.8 cm³/mol. The van der Waals surface area contributed by atoms with Crippen LogP contribution in [0.3, 0.4) is 0 Å². The first-order valence-electron chi connectivity index (χ1n) is 6.77. The highest BCUT2D eigenvalue weighted by Crippen LogP contribution is 2.27. The van der Waals surface area contributed by atoms with Gasteiger partial charge in [-0.3, -0.25) is 4.90 Å². The topological polar surface area (TPSA) is 28.3 Å². The Balaban J connectivity index is 1.76. The summed E-state index contributed by atoms with van der Waals surface area (Å²) in [6.07, 6.45) is 1.14. The van der Waals surface area contributed by atoms with Crippen molar-refractivity contribution in [2.75, 3.05) is 26.3 Å². The van der Waals surface area contributed by atoms with Gasteiger partial charge in [-0.15, -0.1) is 0 Å². The molecule has 0 bridgehead atoms. The molecule has 0 atom stereocenters. The Morgan fingerprint density at radius 2 is 2.22 bits per heavy atom. The molecule has 0 radical (unpaired) electrons. The third-order valence-electron chi connectivity index (χ3n) is 3.72. The molecular weight excluding hydrogens is 224 g/mol. The minimum atomic E-state index is 0.811. The van der Waals surface area contributed by atoms with Gasteiger partial charge in [0.1, 0.15) is 0 Å². The highest BCUT2D eigenvalue weighted by molar-refractivity contribution is 5.84. The molecule has 18 heavy (non-hydrogen) atoms. The summed E-state index contributed by atoms with van der Waals surface area (Å²) >= 11 is 0. The highest BCUT2D eigenvalue weighted by atomic mass is 16.5.